The second kappa shape index (κ2) is 8.38. The van der Waals surface area contributed by atoms with Crippen LogP contribution in [0.5, 0.6) is 0 Å². The molecule has 11 heteroatoms. The summed E-state index contributed by atoms with van der Waals surface area (Å²) in [6.07, 6.45) is -4.44. The predicted molar refractivity (Wildman–Crippen MR) is 107 cm³/mol. The van der Waals surface area contributed by atoms with Crippen LogP contribution in [0, 0.1) is 6.92 Å². The number of hydrogen-bond donors (Lipinski definition) is 0. The zero-order valence-corrected chi connectivity index (χ0v) is 17.8. The molecule has 1 aromatic carbocycles. The fraction of sp³-hybridized carbons (Fsp3) is 0.429. The number of alkyl halides is 3. The minimum atomic E-state index is -4.47. The van der Waals surface area contributed by atoms with Gasteiger partial charge in [-0.25, -0.2) is 0 Å². The van der Waals surface area contributed by atoms with Crippen molar-refractivity contribution in [2.24, 2.45) is 7.05 Å². The molecule has 170 valence electrons. The van der Waals surface area contributed by atoms with Crippen LogP contribution < -0.4 is 0 Å². The van der Waals surface area contributed by atoms with Crippen molar-refractivity contribution in [2.75, 3.05) is 19.7 Å². The summed E-state index contributed by atoms with van der Waals surface area (Å²) in [5.41, 5.74) is 1.59. The quantitative estimate of drug-likeness (QED) is 0.605. The summed E-state index contributed by atoms with van der Waals surface area (Å²) >= 11 is 0. The van der Waals surface area contributed by atoms with E-state index in [-0.39, 0.29) is 36.3 Å². The lowest BCUT2D eigenvalue weighted by Crippen LogP contribution is -2.43. The zero-order valence-electron chi connectivity index (χ0n) is 17.8. The van der Waals surface area contributed by atoms with Crippen molar-refractivity contribution >= 4 is 5.91 Å². The molecule has 32 heavy (non-hydrogen) atoms. The lowest BCUT2D eigenvalue weighted by molar-refractivity contribution is -0.137. The molecule has 0 N–H and O–H groups in total. The van der Waals surface area contributed by atoms with Crippen LogP contribution in [0.15, 0.2) is 28.8 Å². The zero-order chi connectivity index (χ0) is 23.0. The number of aryl methyl sites for hydroxylation is 2. The number of hydrogen-bond acceptors (Lipinski definition) is 6. The van der Waals surface area contributed by atoms with Crippen molar-refractivity contribution in [3.63, 3.8) is 0 Å². The molecule has 2 aromatic heterocycles. The van der Waals surface area contributed by atoms with E-state index in [1.807, 2.05) is 13.8 Å². The average Bonchev–Trinajstić information content (AvgIpc) is 3.37. The summed E-state index contributed by atoms with van der Waals surface area (Å²) in [5.74, 6) is -0.0535. The van der Waals surface area contributed by atoms with Gasteiger partial charge in [0.15, 0.2) is 6.10 Å². The Morgan fingerprint density at radius 2 is 2.09 bits per heavy atom. The summed E-state index contributed by atoms with van der Waals surface area (Å²) < 4.78 is 51.5. The van der Waals surface area contributed by atoms with Crippen molar-refractivity contribution in [3.05, 3.63) is 52.7 Å². The number of carbonyl (C=O) groups is 1. The van der Waals surface area contributed by atoms with Crippen molar-refractivity contribution < 1.29 is 27.2 Å². The molecule has 0 radical (unpaired) electrons. The average molecular weight is 449 g/mol. The molecule has 0 saturated carbocycles. The number of carbonyl (C=O) groups excluding carboxylic acids is 1. The van der Waals surface area contributed by atoms with E-state index in [2.05, 4.69) is 15.2 Å². The van der Waals surface area contributed by atoms with E-state index in [0.29, 0.717) is 12.2 Å². The van der Waals surface area contributed by atoms with Crippen LogP contribution in [0.25, 0.3) is 11.4 Å². The SMILES string of the molecule is CCc1nn(C)c(C(=O)N2CCO[C@@H](c3nc(-c4cccc(C(F)(F)F)c4)no3)C2)c1C. The maximum atomic E-state index is 13.1. The van der Waals surface area contributed by atoms with Gasteiger partial charge in [0, 0.05) is 24.7 Å². The first-order valence-electron chi connectivity index (χ1n) is 10.1. The number of halogens is 3. The second-order valence-electron chi connectivity index (χ2n) is 7.54. The molecule has 0 bridgehead atoms. The molecule has 1 aliphatic heterocycles. The largest absolute Gasteiger partial charge is 0.416 e. The Bertz CT molecular complexity index is 1140. The Hall–Kier alpha value is -3.21. The highest BCUT2D eigenvalue weighted by atomic mass is 19.4. The Morgan fingerprint density at radius 3 is 2.78 bits per heavy atom. The molecule has 1 saturated heterocycles. The van der Waals surface area contributed by atoms with Gasteiger partial charge in [-0.3, -0.25) is 9.48 Å². The standard InChI is InChI=1S/C21H22F3N5O3/c1-4-15-12(2)17(28(3)26-15)20(30)29-8-9-31-16(11-29)19-25-18(27-32-19)13-6-5-7-14(10-13)21(22,23)24/h5-7,10,16H,4,8-9,11H2,1-3H3/t16-/m1/s1. The maximum absolute atomic E-state index is 13.1. The molecule has 3 heterocycles. The summed E-state index contributed by atoms with van der Waals surface area (Å²) in [7, 11) is 1.73. The molecule has 1 aliphatic rings. The van der Waals surface area contributed by atoms with E-state index in [4.69, 9.17) is 9.26 Å². The van der Waals surface area contributed by atoms with Gasteiger partial charge in [0.1, 0.15) is 5.69 Å². The van der Waals surface area contributed by atoms with Crippen LogP contribution in [-0.4, -0.2) is 50.4 Å². The fourth-order valence-electron chi connectivity index (χ4n) is 3.77. The molecule has 0 spiro atoms. The molecular weight excluding hydrogens is 427 g/mol. The van der Waals surface area contributed by atoms with Crippen LogP contribution in [0.4, 0.5) is 13.2 Å². The van der Waals surface area contributed by atoms with E-state index in [1.165, 1.54) is 12.1 Å². The van der Waals surface area contributed by atoms with Crippen LogP contribution in [0.2, 0.25) is 0 Å². The molecule has 3 aromatic rings. The van der Waals surface area contributed by atoms with Gasteiger partial charge in [-0.15, -0.1) is 0 Å². The molecule has 0 aliphatic carbocycles. The lowest BCUT2D eigenvalue weighted by Gasteiger charge is -2.31. The highest BCUT2D eigenvalue weighted by Gasteiger charge is 2.33. The van der Waals surface area contributed by atoms with Crippen molar-refractivity contribution in [1.82, 2.24) is 24.8 Å². The smallest absolute Gasteiger partial charge is 0.365 e. The number of rotatable bonds is 4. The van der Waals surface area contributed by atoms with Crippen molar-refractivity contribution in [1.29, 1.82) is 0 Å². The number of morpholine rings is 1. The van der Waals surface area contributed by atoms with Gasteiger partial charge in [0.2, 0.25) is 5.82 Å². The first-order chi connectivity index (χ1) is 15.2. The summed E-state index contributed by atoms with van der Waals surface area (Å²) in [6.45, 7) is 4.67. The molecule has 8 nitrogen and oxygen atoms in total. The minimum Gasteiger partial charge on any atom is -0.365 e. The highest BCUT2D eigenvalue weighted by Crippen LogP contribution is 2.32. The van der Waals surface area contributed by atoms with Crippen LogP contribution >= 0.6 is 0 Å². The van der Waals surface area contributed by atoms with Gasteiger partial charge in [0.25, 0.3) is 11.8 Å². The van der Waals surface area contributed by atoms with Crippen molar-refractivity contribution in [3.8, 4) is 11.4 Å². The number of aromatic nitrogens is 4. The first kappa shape index (κ1) is 22.0. The highest BCUT2D eigenvalue weighted by molar-refractivity contribution is 5.94. The Balaban J connectivity index is 1.53. The molecule has 0 unspecified atom stereocenters. The normalized spacial score (nSPS) is 17.1. The van der Waals surface area contributed by atoms with E-state index in [1.54, 1.807) is 16.6 Å². The fourth-order valence-corrected chi connectivity index (χ4v) is 3.77. The monoisotopic (exact) mass is 449 g/mol. The van der Waals surface area contributed by atoms with E-state index < -0.39 is 17.8 Å². The Labute approximate surface area is 182 Å². The van der Waals surface area contributed by atoms with E-state index in [9.17, 15) is 18.0 Å². The van der Waals surface area contributed by atoms with Gasteiger partial charge in [-0.2, -0.15) is 23.3 Å². The molecule has 1 atom stereocenters. The van der Waals surface area contributed by atoms with Gasteiger partial charge in [-0.05, 0) is 25.5 Å². The molecule has 1 fully saturated rings. The third kappa shape index (κ3) is 4.12. The van der Waals surface area contributed by atoms with Gasteiger partial charge < -0.3 is 14.2 Å². The number of nitrogens with zero attached hydrogens (tertiary/aromatic N) is 5. The van der Waals surface area contributed by atoms with Crippen LogP contribution in [0.3, 0.4) is 0 Å². The Kier molecular flexibility index (Phi) is 5.76. The van der Waals surface area contributed by atoms with Gasteiger partial charge in [0.05, 0.1) is 24.4 Å². The topological polar surface area (TPSA) is 86.3 Å². The molecule has 1 amide bonds. The van der Waals surface area contributed by atoms with Gasteiger partial charge in [-0.1, -0.05) is 24.2 Å². The number of amides is 1. The van der Waals surface area contributed by atoms with E-state index in [0.717, 1.165) is 29.8 Å². The van der Waals surface area contributed by atoms with Crippen molar-refractivity contribution in [2.45, 2.75) is 32.5 Å². The first-order valence-corrected chi connectivity index (χ1v) is 10.1. The summed E-state index contributed by atoms with van der Waals surface area (Å²) in [5, 5.41) is 8.20. The molecule has 4 rings (SSSR count). The minimum absolute atomic E-state index is 0.0215. The van der Waals surface area contributed by atoms with Crippen LogP contribution in [0.1, 0.15) is 46.2 Å². The third-order valence-corrected chi connectivity index (χ3v) is 5.44. The second-order valence-corrected chi connectivity index (χ2v) is 7.54. The van der Waals surface area contributed by atoms with Crippen LogP contribution in [-0.2, 0) is 24.4 Å². The van der Waals surface area contributed by atoms with E-state index >= 15 is 0 Å². The lowest BCUT2D eigenvalue weighted by atomic mass is 10.1. The number of ether oxygens (including phenoxy) is 1. The van der Waals surface area contributed by atoms with Gasteiger partial charge >= 0.3 is 6.18 Å². The Morgan fingerprint density at radius 1 is 1.31 bits per heavy atom. The number of benzene rings is 1. The summed E-state index contributed by atoms with van der Waals surface area (Å²) in [4.78, 5) is 19.0. The maximum Gasteiger partial charge on any atom is 0.416 e. The summed E-state index contributed by atoms with van der Waals surface area (Å²) in [6, 6.07) is 4.69. The third-order valence-electron chi connectivity index (χ3n) is 5.44. The molecular formula is C21H22F3N5O3. The predicted octanol–water partition coefficient (Wildman–Crippen LogP) is 3.57.